The number of amides is 2. The van der Waals surface area contributed by atoms with Crippen molar-refractivity contribution in [2.75, 3.05) is 6.54 Å². The smallest absolute Gasteiger partial charge is 0.410 e. The molecule has 31 heavy (non-hydrogen) atoms. The molecule has 10 heteroatoms. The Morgan fingerprint density at radius 2 is 1.55 bits per heavy atom. The molecule has 7 nitrogen and oxygen atoms in total. The van der Waals surface area contributed by atoms with E-state index in [1.165, 1.54) is 9.80 Å². The van der Waals surface area contributed by atoms with Crippen LogP contribution < -0.4 is 0 Å². The van der Waals surface area contributed by atoms with Gasteiger partial charge in [-0.2, -0.15) is 13.2 Å². The highest BCUT2D eigenvalue weighted by atomic mass is 19.4. The molecule has 5 unspecified atom stereocenters. The van der Waals surface area contributed by atoms with Crippen molar-refractivity contribution >= 4 is 18.0 Å². The minimum absolute atomic E-state index is 0.0690. The quantitative estimate of drug-likeness (QED) is 0.605. The van der Waals surface area contributed by atoms with E-state index in [4.69, 9.17) is 9.47 Å². The molecule has 176 valence electrons. The highest BCUT2D eigenvalue weighted by Crippen LogP contribution is 2.48. The number of fused-ring (bicyclic) bond motifs is 2. The molecule has 5 atom stereocenters. The van der Waals surface area contributed by atoms with Gasteiger partial charge in [-0.1, -0.05) is 0 Å². The molecular weight excluding hydrogens is 417 g/mol. The van der Waals surface area contributed by atoms with E-state index in [9.17, 15) is 27.6 Å². The number of piperidine rings is 2. The number of likely N-dealkylation sites (tertiary alicyclic amines) is 1. The lowest BCUT2D eigenvalue weighted by molar-refractivity contribution is -0.171. The molecule has 0 aromatic carbocycles. The second-order valence-electron chi connectivity index (χ2n) is 10.8. The van der Waals surface area contributed by atoms with Gasteiger partial charge < -0.3 is 14.4 Å². The Morgan fingerprint density at radius 3 is 2.06 bits per heavy atom. The second kappa shape index (κ2) is 7.55. The van der Waals surface area contributed by atoms with Crippen LogP contribution in [-0.2, 0) is 19.1 Å². The Labute approximate surface area is 180 Å². The van der Waals surface area contributed by atoms with Gasteiger partial charge in [0, 0.05) is 6.54 Å². The van der Waals surface area contributed by atoms with Gasteiger partial charge in [-0.25, -0.2) is 4.79 Å². The van der Waals surface area contributed by atoms with Crippen LogP contribution in [0.3, 0.4) is 0 Å². The predicted octanol–water partition coefficient (Wildman–Crippen LogP) is 3.51. The summed E-state index contributed by atoms with van der Waals surface area (Å²) in [5.74, 6) is -1.66. The number of carbonyl (C=O) groups excluding carboxylic acids is 3. The van der Waals surface area contributed by atoms with Crippen molar-refractivity contribution < 1.29 is 37.0 Å². The summed E-state index contributed by atoms with van der Waals surface area (Å²) in [5.41, 5.74) is -1.61. The Bertz CT molecular complexity index is 756. The van der Waals surface area contributed by atoms with E-state index in [-0.39, 0.29) is 12.5 Å². The van der Waals surface area contributed by atoms with Crippen molar-refractivity contribution in [3.05, 3.63) is 0 Å². The first-order chi connectivity index (χ1) is 14.0. The van der Waals surface area contributed by atoms with Crippen LogP contribution in [0.1, 0.15) is 60.8 Å². The Kier molecular flexibility index (Phi) is 5.76. The van der Waals surface area contributed by atoms with Gasteiger partial charge in [0.25, 0.3) is 0 Å². The molecular formula is C21H31F3N2O5. The Hall–Kier alpha value is -2.00. The first-order valence-corrected chi connectivity index (χ1v) is 10.6. The molecule has 3 fully saturated rings. The lowest BCUT2D eigenvalue weighted by Gasteiger charge is -2.46. The number of hydrogen-bond donors (Lipinski definition) is 0. The monoisotopic (exact) mass is 448 g/mol. The number of ether oxygens (including phenoxy) is 2. The summed E-state index contributed by atoms with van der Waals surface area (Å²) in [6.45, 7) is 10.3. The zero-order valence-corrected chi connectivity index (χ0v) is 18.8. The van der Waals surface area contributed by atoms with E-state index < -0.39 is 65.8 Å². The van der Waals surface area contributed by atoms with Gasteiger partial charge in [0.2, 0.25) is 5.91 Å². The van der Waals surface area contributed by atoms with Crippen molar-refractivity contribution in [3.63, 3.8) is 0 Å². The SMILES string of the molecule is CC(C)(C)OC(=O)N1C2CC3CC1C(C2OC(=O)C(C)(C)C)N(C(=O)CC(F)(F)F)C3. The third-order valence-corrected chi connectivity index (χ3v) is 5.92. The highest BCUT2D eigenvalue weighted by molar-refractivity contribution is 5.79. The van der Waals surface area contributed by atoms with Gasteiger partial charge in [-0.15, -0.1) is 0 Å². The fourth-order valence-corrected chi connectivity index (χ4v) is 4.80. The molecule has 0 spiro atoms. The molecule has 0 aromatic heterocycles. The summed E-state index contributed by atoms with van der Waals surface area (Å²) in [6, 6.07) is -1.92. The maximum atomic E-state index is 13.0. The highest BCUT2D eigenvalue weighted by Gasteiger charge is 2.63. The fraction of sp³-hybridized carbons (Fsp3) is 0.857. The molecule has 3 aliphatic rings. The van der Waals surface area contributed by atoms with Crippen LogP contribution in [0.4, 0.5) is 18.0 Å². The number of hydrogen-bond acceptors (Lipinski definition) is 5. The molecule has 3 bridgehead atoms. The summed E-state index contributed by atoms with van der Waals surface area (Å²) >= 11 is 0. The Morgan fingerprint density at radius 1 is 0.968 bits per heavy atom. The fourth-order valence-electron chi connectivity index (χ4n) is 4.80. The lowest BCUT2D eigenvalue weighted by atomic mass is 9.86. The summed E-state index contributed by atoms with van der Waals surface area (Å²) in [4.78, 5) is 40.9. The second-order valence-corrected chi connectivity index (χ2v) is 10.8. The first kappa shape index (κ1) is 23.7. The topological polar surface area (TPSA) is 76.2 Å². The van der Waals surface area contributed by atoms with Gasteiger partial charge in [0.1, 0.15) is 18.1 Å². The lowest BCUT2D eigenvalue weighted by Crippen LogP contribution is -2.59. The summed E-state index contributed by atoms with van der Waals surface area (Å²) in [6.07, 6.45) is -6.77. The van der Waals surface area contributed by atoms with E-state index in [1.807, 2.05) is 0 Å². The molecule has 3 saturated heterocycles. The maximum Gasteiger partial charge on any atom is 0.410 e. The van der Waals surface area contributed by atoms with E-state index in [0.717, 1.165) is 0 Å². The predicted molar refractivity (Wildman–Crippen MR) is 104 cm³/mol. The number of nitrogens with zero attached hydrogens (tertiary/aromatic N) is 2. The average Bonchev–Trinajstić information content (AvgIpc) is 2.66. The number of esters is 1. The van der Waals surface area contributed by atoms with Gasteiger partial charge in [-0.05, 0) is 60.3 Å². The zero-order chi connectivity index (χ0) is 23.5. The van der Waals surface area contributed by atoms with Gasteiger partial charge in [0.05, 0.1) is 23.5 Å². The number of alkyl halides is 3. The number of halogens is 3. The summed E-state index contributed by atoms with van der Waals surface area (Å²) < 4.78 is 50.2. The molecule has 0 aliphatic carbocycles. The van der Waals surface area contributed by atoms with Crippen LogP contribution in [-0.4, -0.2) is 70.3 Å². The zero-order valence-electron chi connectivity index (χ0n) is 18.8. The maximum absolute atomic E-state index is 13.0. The largest absolute Gasteiger partial charge is 0.457 e. The van der Waals surface area contributed by atoms with Crippen LogP contribution in [0.2, 0.25) is 0 Å². The van der Waals surface area contributed by atoms with Crippen molar-refractivity contribution in [1.82, 2.24) is 9.80 Å². The van der Waals surface area contributed by atoms with Crippen LogP contribution in [0.5, 0.6) is 0 Å². The minimum Gasteiger partial charge on any atom is -0.457 e. The van der Waals surface area contributed by atoms with Crippen molar-refractivity contribution in [1.29, 1.82) is 0 Å². The molecule has 2 amide bonds. The molecule has 0 radical (unpaired) electrons. The molecule has 3 aliphatic heterocycles. The third-order valence-electron chi connectivity index (χ3n) is 5.92. The molecule has 3 heterocycles. The van der Waals surface area contributed by atoms with E-state index in [1.54, 1.807) is 41.5 Å². The van der Waals surface area contributed by atoms with Crippen LogP contribution in [0.15, 0.2) is 0 Å². The normalized spacial score (nSPS) is 30.4. The first-order valence-electron chi connectivity index (χ1n) is 10.6. The average molecular weight is 448 g/mol. The standard InChI is InChI=1S/C21H31F3N2O5/c1-19(2,3)17(28)30-16-13-8-11-7-12(26(13)18(29)31-20(4,5)6)15(16)25(10-11)14(27)9-21(22,23)24/h11-13,15-16H,7-10H2,1-6H3. The van der Waals surface area contributed by atoms with Crippen LogP contribution in [0, 0.1) is 11.3 Å². The molecule has 0 N–H and O–H groups in total. The molecule has 3 rings (SSSR count). The van der Waals surface area contributed by atoms with Gasteiger partial charge in [-0.3, -0.25) is 14.5 Å². The van der Waals surface area contributed by atoms with E-state index in [0.29, 0.717) is 12.8 Å². The van der Waals surface area contributed by atoms with Crippen LogP contribution >= 0.6 is 0 Å². The van der Waals surface area contributed by atoms with E-state index >= 15 is 0 Å². The Balaban J connectivity index is 1.95. The summed E-state index contributed by atoms with van der Waals surface area (Å²) in [7, 11) is 0. The van der Waals surface area contributed by atoms with Gasteiger partial charge in [0.15, 0.2) is 0 Å². The van der Waals surface area contributed by atoms with Crippen LogP contribution in [0.25, 0.3) is 0 Å². The van der Waals surface area contributed by atoms with Crippen molar-refractivity contribution in [2.24, 2.45) is 11.3 Å². The van der Waals surface area contributed by atoms with Crippen molar-refractivity contribution in [2.45, 2.75) is 96.8 Å². The van der Waals surface area contributed by atoms with Gasteiger partial charge >= 0.3 is 18.2 Å². The number of rotatable bonds is 2. The molecule has 0 saturated carbocycles. The number of carbonyl (C=O) groups is 3. The van der Waals surface area contributed by atoms with E-state index in [2.05, 4.69) is 0 Å². The third kappa shape index (κ3) is 4.92. The minimum atomic E-state index is -4.64. The molecule has 0 aromatic rings. The van der Waals surface area contributed by atoms with Crippen molar-refractivity contribution in [3.8, 4) is 0 Å². The summed E-state index contributed by atoms with van der Waals surface area (Å²) in [5, 5.41) is 0.